The maximum atomic E-state index is 15.1. The fourth-order valence-electron chi connectivity index (χ4n) is 6.16. The van der Waals surface area contributed by atoms with E-state index in [-0.39, 0.29) is 29.5 Å². The van der Waals surface area contributed by atoms with E-state index in [1.807, 2.05) is 4.90 Å². The number of benzodiazepines with no additional fused rings is 1. The van der Waals surface area contributed by atoms with Crippen molar-refractivity contribution in [3.05, 3.63) is 89.7 Å². The summed E-state index contributed by atoms with van der Waals surface area (Å²) in [6, 6.07) is 18.3. The molecule has 0 unspecified atom stereocenters. The molecule has 42 heavy (non-hydrogen) atoms. The second-order valence-corrected chi connectivity index (χ2v) is 11.1. The van der Waals surface area contributed by atoms with Crippen LogP contribution in [0.15, 0.2) is 77.8 Å². The van der Waals surface area contributed by atoms with Crippen LogP contribution < -0.4 is 15.5 Å². The molecule has 1 aliphatic carbocycles. The van der Waals surface area contributed by atoms with E-state index < -0.39 is 23.9 Å². The summed E-state index contributed by atoms with van der Waals surface area (Å²) in [5, 5.41) is 14.9. The van der Waals surface area contributed by atoms with Crippen LogP contribution in [-0.4, -0.2) is 59.4 Å². The molecule has 3 heterocycles. The highest BCUT2D eigenvalue weighted by molar-refractivity contribution is 6.21. The van der Waals surface area contributed by atoms with Gasteiger partial charge in [-0.1, -0.05) is 36.4 Å². The predicted octanol–water partition coefficient (Wildman–Crippen LogP) is 4.51. The molecule has 3 aromatic carbocycles. The van der Waals surface area contributed by atoms with Gasteiger partial charge in [-0.25, -0.2) is 14.2 Å². The number of phenols is 1. The Hall–Kier alpha value is -4.73. The van der Waals surface area contributed by atoms with Crippen molar-refractivity contribution in [1.82, 2.24) is 10.2 Å². The topological polar surface area (TPSA) is 114 Å². The summed E-state index contributed by atoms with van der Waals surface area (Å²) in [5.74, 6) is -0.440. The van der Waals surface area contributed by atoms with Gasteiger partial charge in [0.15, 0.2) is 0 Å². The van der Waals surface area contributed by atoms with Crippen LogP contribution in [0.25, 0.3) is 0 Å². The number of anilines is 2. The maximum absolute atomic E-state index is 15.1. The van der Waals surface area contributed by atoms with Gasteiger partial charge in [0.1, 0.15) is 18.1 Å². The molecule has 0 spiro atoms. The second kappa shape index (κ2) is 11.6. The number of hydrogen-bond acceptors (Lipinski definition) is 5. The summed E-state index contributed by atoms with van der Waals surface area (Å²) in [5.41, 5.74) is 1.53. The van der Waals surface area contributed by atoms with E-state index in [9.17, 15) is 19.5 Å². The first-order valence-corrected chi connectivity index (χ1v) is 14.2. The summed E-state index contributed by atoms with van der Waals surface area (Å²) < 4.78 is 15.1. The fourth-order valence-corrected chi connectivity index (χ4v) is 6.16. The van der Waals surface area contributed by atoms with Gasteiger partial charge in [0, 0.05) is 36.0 Å². The molecule has 1 saturated carbocycles. The SMILES string of the molecule is O=C(Nc1cccc(O)c1)N[C@@H]1N=C(c2ccccc2F)c2ccccc2N(CC(=O)N2CC3CCC(CC3)C2)C1=O. The number of amides is 4. The van der Waals surface area contributed by atoms with Crippen LogP contribution in [0.2, 0.25) is 0 Å². The van der Waals surface area contributed by atoms with E-state index in [4.69, 9.17) is 0 Å². The van der Waals surface area contributed by atoms with E-state index in [0.717, 1.165) is 25.7 Å². The average Bonchev–Trinajstić information content (AvgIpc) is 3.37. The molecule has 3 aliphatic heterocycles. The smallest absolute Gasteiger partial charge is 0.321 e. The van der Waals surface area contributed by atoms with Gasteiger partial charge in [0.2, 0.25) is 12.1 Å². The van der Waals surface area contributed by atoms with Crippen molar-refractivity contribution in [1.29, 1.82) is 0 Å². The van der Waals surface area contributed by atoms with Crippen molar-refractivity contribution >= 4 is 34.9 Å². The van der Waals surface area contributed by atoms with Gasteiger partial charge in [-0.3, -0.25) is 14.5 Å². The Bertz CT molecular complexity index is 1540. The number of urea groups is 1. The van der Waals surface area contributed by atoms with Crippen LogP contribution in [0.1, 0.15) is 36.8 Å². The highest BCUT2D eigenvalue weighted by atomic mass is 19.1. The van der Waals surface area contributed by atoms with Crippen molar-refractivity contribution in [2.24, 2.45) is 16.8 Å². The monoisotopic (exact) mass is 569 g/mol. The minimum Gasteiger partial charge on any atom is -0.508 e. The summed E-state index contributed by atoms with van der Waals surface area (Å²) in [4.78, 5) is 48.7. The first-order chi connectivity index (χ1) is 20.4. The second-order valence-electron chi connectivity index (χ2n) is 11.1. The Balaban J connectivity index is 1.35. The first-order valence-electron chi connectivity index (χ1n) is 14.2. The van der Waals surface area contributed by atoms with Crippen LogP contribution in [-0.2, 0) is 9.59 Å². The third-order valence-electron chi connectivity index (χ3n) is 8.28. The molecule has 0 radical (unpaired) electrons. The number of para-hydroxylation sites is 1. The number of phenolic OH excluding ortho intramolecular Hbond substituents is 1. The van der Waals surface area contributed by atoms with Gasteiger partial charge in [0.25, 0.3) is 5.91 Å². The number of fused-ring (bicyclic) bond motifs is 5. The number of nitrogens with zero attached hydrogens (tertiary/aromatic N) is 3. The number of carbonyl (C=O) groups is 3. The molecule has 2 saturated heterocycles. The van der Waals surface area contributed by atoms with E-state index in [1.54, 1.807) is 54.6 Å². The molecule has 4 aliphatic rings. The van der Waals surface area contributed by atoms with Crippen molar-refractivity contribution in [2.45, 2.75) is 31.8 Å². The van der Waals surface area contributed by atoms with Gasteiger partial charge in [0.05, 0.1) is 11.4 Å². The molecule has 4 amide bonds. The summed E-state index contributed by atoms with van der Waals surface area (Å²) in [6.45, 7) is 1.11. The third kappa shape index (κ3) is 5.70. The van der Waals surface area contributed by atoms with Crippen molar-refractivity contribution in [2.75, 3.05) is 29.9 Å². The predicted molar refractivity (Wildman–Crippen MR) is 157 cm³/mol. The summed E-state index contributed by atoms with van der Waals surface area (Å²) in [6.07, 6.45) is 2.98. The fraction of sp³-hybridized carbons (Fsp3) is 0.312. The molecule has 2 bridgehead atoms. The van der Waals surface area contributed by atoms with Crippen LogP contribution in [0, 0.1) is 17.7 Å². The highest BCUT2D eigenvalue weighted by Crippen LogP contribution is 2.34. The number of carbonyl (C=O) groups excluding carboxylic acids is 3. The normalized spacial score (nSPS) is 21.6. The Morgan fingerprint density at radius 2 is 1.57 bits per heavy atom. The first kappa shape index (κ1) is 27.4. The molecule has 7 rings (SSSR count). The Morgan fingerprint density at radius 1 is 0.905 bits per heavy atom. The van der Waals surface area contributed by atoms with Gasteiger partial charge in [-0.2, -0.15) is 0 Å². The van der Waals surface area contributed by atoms with E-state index in [1.165, 1.54) is 23.1 Å². The number of aliphatic imine (C=N–C) groups is 1. The standard InChI is InChI=1S/C32H32FN5O4/c33-26-10-3-1-8-24(26)29-25-9-2-4-11-27(25)38(19-28(40)37-17-20-12-13-21(18-37)15-14-20)31(41)30(35-29)36-32(42)34-22-6-5-7-23(39)16-22/h1-11,16,20-21,30,39H,12-15,17-19H2,(H2,34,36,42)/t20?,21?,30-/m0/s1. The number of aromatic hydroxyl groups is 1. The lowest BCUT2D eigenvalue weighted by Gasteiger charge is -2.29. The molecule has 3 aromatic rings. The van der Waals surface area contributed by atoms with Crippen LogP contribution in [0.4, 0.5) is 20.6 Å². The summed E-state index contributed by atoms with van der Waals surface area (Å²) >= 11 is 0. The zero-order valence-electron chi connectivity index (χ0n) is 23.0. The van der Waals surface area contributed by atoms with E-state index >= 15 is 4.39 Å². The lowest BCUT2D eigenvalue weighted by molar-refractivity contribution is -0.132. The summed E-state index contributed by atoms with van der Waals surface area (Å²) in [7, 11) is 0. The molecule has 1 atom stereocenters. The van der Waals surface area contributed by atoms with Crippen LogP contribution in [0.3, 0.4) is 0 Å². The van der Waals surface area contributed by atoms with Gasteiger partial charge in [-0.05, 0) is 67.9 Å². The van der Waals surface area contributed by atoms with E-state index in [2.05, 4.69) is 15.6 Å². The molecule has 10 heteroatoms. The third-order valence-corrected chi connectivity index (χ3v) is 8.28. The number of rotatable bonds is 5. The number of halogens is 1. The largest absolute Gasteiger partial charge is 0.508 e. The maximum Gasteiger partial charge on any atom is 0.321 e. The lowest BCUT2D eigenvalue weighted by Crippen LogP contribution is -2.51. The van der Waals surface area contributed by atoms with Crippen LogP contribution >= 0.6 is 0 Å². The number of benzene rings is 3. The van der Waals surface area contributed by atoms with Crippen molar-refractivity contribution < 1.29 is 23.9 Å². The Morgan fingerprint density at radius 3 is 2.26 bits per heavy atom. The molecule has 9 nitrogen and oxygen atoms in total. The Kier molecular flexibility index (Phi) is 7.60. The van der Waals surface area contributed by atoms with Gasteiger partial charge < -0.3 is 20.6 Å². The molecular formula is C32H32FN5O4. The van der Waals surface area contributed by atoms with Crippen molar-refractivity contribution in [3.63, 3.8) is 0 Å². The molecule has 3 fully saturated rings. The van der Waals surface area contributed by atoms with Crippen molar-refractivity contribution in [3.8, 4) is 5.75 Å². The molecular weight excluding hydrogens is 537 g/mol. The minimum absolute atomic E-state index is 0.0414. The van der Waals surface area contributed by atoms with Gasteiger partial charge in [-0.15, -0.1) is 0 Å². The molecule has 3 N–H and O–H groups in total. The highest BCUT2D eigenvalue weighted by Gasteiger charge is 2.37. The zero-order chi connectivity index (χ0) is 29.2. The lowest BCUT2D eigenvalue weighted by atomic mass is 9.84. The molecule has 216 valence electrons. The van der Waals surface area contributed by atoms with E-state index in [0.29, 0.717) is 41.9 Å². The number of hydrogen-bond donors (Lipinski definition) is 3. The molecule has 0 aromatic heterocycles. The average molecular weight is 570 g/mol. The van der Waals surface area contributed by atoms with Crippen LogP contribution in [0.5, 0.6) is 5.75 Å². The Labute approximate surface area is 243 Å². The number of nitrogens with one attached hydrogen (secondary N) is 2. The van der Waals surface area contributed by atoms with Gasteiger partial charge >= 0.3 is 6.03 Å². The quantitative estimate of drug-likeness (QED) is 0.420. The minimum atomic E-state index is -1.46. The zero-order valence-corrected chi connectivity index (χ0v) is 23.0.